The van der Waals surface area contributed by atoms with Gasteiger partial charge in [-0.2, -0.15) is 0 Å². The average Bonchev–Trinajstić information content (AvgIpc) is 2.79. The van der Waals surface area contributed by atoms with Gasteiger partial charge < -0.3 is 10.1 Å². The van der Waals surface area contributed by atoms with Gasteiger partial charge in [-0.25, -0.2) is 0 Å². The summed E-state index contributed by atoms with van der Waals surface area (Å²) in [5.74, 6) is 0.882. The van der Waals surface area contributed by atoms with Crippen LogP contribution in [0.3, 0.4) is 0 Å². The van der Waals surface area contributed by atoms with E-state index in [1.54, 1.807) is 18.4 Å². The Hall–Kier alpha value is -1.46. The van der Waals surface area contributed by atoms with E-state index in [1.165, 1.54) is 0 Å². The van der Waals surface area contributed by atoms with E-state index in [-0.39, 0.29) is 0 Å². The number of methoxy groups -OCH3 is 1. The number of hydrogen-bond donors (Lipinski definition) is 1. The molecule has 0 atom stereocenters. The lowest BCUT2D eigenvalue weighted by Crippen LogP contribution is -2.04. The molecule has 90 valence electrons. The first kappa shape index (κ1) is 12.0. The number of ether oxygens (including phenoxy) is 1. The number of benzene rings is 1. The van der Waals surface area contributed by atoms with E-state index in [0.29, 0.717) is 0 Å². The molecule has 2 rings (SSSR count). The van der Waals surface area contributed by atoms with Gasteiger partial charge in [-0.05, 0) is 25.6 Å². The van der Waals surface area contributed by atoms with E-state index < -0.39 is 0 Å². The van der Waals surface area contributed by atoms with Crippen molar-refractivity contribution in [2.75, 3.05) is 14.2 Å². The molecule has 0 aliphatic carbocycles. The molecule has 0 saturated carbocycles. The summed E-state index contributed by atoms with van der Waals surface area (Å²) in [5.41, 5.74) is 2.17. The van der Waals surface area contributed by atoms with E-state index in [2.05, 4.69) is 15.5 Å². The second kappa shape index (κ2) is 5.25. The number of hydrogen-bond acceptors (Lipinski definition) is 5. The zero-order valence-electron chi connectivity index (χ0n) is 10.2. The molecule has 1 heterocycles. The molecule has 0 spiro atoms. The van der Waals surface area contributed by atoms with Crippen LogP contribution in [0.5, 0.6) is 5.75 Å². The summed E-state index contributed by atoms with van der Waals surface area (Å²) in [7, 11) is 3.58. The minimum atomic E-state index is 0.751. The van der Waals surface area contributed by atoms with E-state index >= 15 is 0 Å². The third-order valence-corrected chi connectivity index (χ3v) is 3.42. The summed E-state index contributed by atoms with van der Waals surface area (Å²) in [6.07, 6.45) is 0. The fourth-order valence-corrected chi connectivity index (χ4v) is 2.39. The summed E-state index contributed by atoms with van der Waals surface area (Å²) in [6, 6.07) is 6.08. The van der Waals surface area contributed by atoms with Crippen molar-refractivity contribution in [3.05, 3.63) is 28.8 Å². The van der Waals surface area contributed by atoms with Crippen LogP contribution in [0, 0.1) is 6.92 Å². The second-order valence-corrected chi connectivity index (χ2v) is 4.78. The quantitative estimate of drug-likeness (QED) is 0.902. The normalized spacial score (nSPS) is 10.5. The third kappa shape index (κ3) is 2.62. The number of nitrogens with zero attached hydrogens (tertiary/aromatic N) is 2. The molecule has 0 radical (unpaired) electrons. The summed E-state index contributed by atoms with van der Waals surface area (Å²) < 4.78 is 5.31. The molecule has 2 aromatic rings. The Labute approximate surface area is 105 Å². The summed E-state index contributed by atoms with van der Waals surface area (Å²) in [5, 5.41) is 13.3. The summed E-state index contributed by atoms with van der Waals surface area (Å²) >= 11 is 1.60. The number of nitrogens with one attached hydrogen (secondary N) is 1. The molecule has 1 aromatic heterocycles. The molecule has 0 aliphatic heterocycles. The highest BCUT2D eigenvalue weighted by Gasteiger charge is 2.08. The Balaban J connectivity index is 2.32. The Morgan fingerprint density at radius 1 is 1.35 bits per heavy atom. The maximum Gasteiger partial charge on any atom is 0.147 e. The zero-order chi connectivity index (χ0) is 12.3. The third-order valence-electron chi connectivity index (χ3n) is 2.45. The van der Waals surface area contributed by atoms with Gasteiger partial charge in [0.25, 0.3) is 0 Å². The Morgan fingerprint density at radius 2 is 2.18 bits per heavy atom. The molecule has 4 nitrogen and oxygen atoms in total. The highest BCUT2D eigenvalue weighted by molar-refractivity contribution is 7.14. The topological polar surface area (TPSA) is 47.0 Å². The van der Waals surface area contributed by atoms with Crippen LogP contribution in [0.4, 0.5) is 0 Å². The van der Waals surface area contributed by atoms with Gasteiger partial charge in [0.2, 0.25) is 0 Å². The van der Waals surface area contributed by atoms with Crippen LogP contribution in [0.2, 0.25) is 0 Å². The second-order valence-electron chi connectivity index (χ2n) is 3.72. The summed E-state index contributed by atoms with van der Waals surface area (Å²) in [4.78, 5) is 0. The Kier molecular flexibility index (Phi) is 3.71. The minimum absolute atomic E-state index is 0.751. The van der Waals surface area contributed by atoms with Crippen LogP contribution in [-0.4, -0.2) is 24.4 Å². The molecule has 0 amide bonds. The van der Waals surface area contributed by atoms with E-state index in [1.807, 2.05) is 32.2 Å². The minimum Gasteiger partial charge on any atom is -0.496 e. The fourth-order valence-electron chi connectivity index (χ4n) is 1.55. The number of aromatic nitrogens is 2. The molecule has 0 aliphatic rings. The predicted octanol–water partition coefficient (Wildman–Crippen LogP) is 2.24. The van der Waals surface area contributed by atoms with Gasteiger partial charge in [-0.15, -0.1) is 10.2 Å². The van der Waals surface area contributed by atoms with Crippen LogP contribution >= 0.6 is 11.3 Å². The lowest BCUT2D eigenvalue weighted by molar-refractivity contribution is 0.412. The van der Waals surface area contributed by atoms with Crippen molar-refractivity contribution < 1.29 is 4.74 Å². The zero-order valence-corrected chi connectivity index (χ0v) is 11.0. The molecule has 0 saturated heterocycles. The van der Waals surface area contributed by atoms with Crippen molar-refractivity contribution in [2.24, 2.45) is 0 Å². The van der Waals surface area contributed by atoms with E-state index in [9.17, 15) is 0 Å². The van der Waals surface area contributed by atoms with Crippen LogP contribution < -0.4 is 10.1 Å². The summed E-state index contributed by atoms with van der Waals surface area (Å²) in [6.45, 7) is 2.77. The van der Waals surface area contributed by atoms with Crippen molar-refractivity contribution >= 4 is 11.3 Å². The highest BCUT2D eigenvalue weighted by Crippen LogP contribution is 2.28. The van der Waals surface area contributed by atoms with Crippen molar-refractivity contribution in [1.82, 2.24) is 15.5 Å². The molecular weight excluding hydrogens is 234 g/mol. The average molecular weight is 249 g/mol. The first-order chi connectivity index (χ1) is 8.24. The van der Waals surface area contributed by atoms with Crippen molar-refractivity contribution in [1.29, 1.82) is 0 Å². The Morgan fingerprint density at radius 3 is 2.88 bits per heavy atom. The lowest BCUT2D eigenvalue weighted by Gasteiger charge is -2.05. The monoisotopic (exact) mass is 249 g/mol. The maximum absolute atomic E-state index is 5.31. The van der Waals surface area contributed by atoms with Crippen LogP contribution in [0.15, 0.2) is 18.2 Å². The van der Waals surface area contributed by atoms with Crippen molar-refractivity contribution in [3.63, 3.8) is 0 Å². The van der Waals surface area contributed by atoms with E-state index in [4.69, 9.17) is 4.74 Å². The van der Waals surface area contributed by atoms with Gasteiger partial charge in [0.05, 0.1) is 7.11 Å². The first-order valence-corrected chi connectivity index (χ1v) is 6.18. The molecule has 0 fully saturated rings. The molecule has 17 heavy (non-hydrogen) atoms. The lowest BCUT2D eigenvalue weighted by atomic mass is 10.1. The molecule has 1 N–H and O–H groups in total. The predicted molar refractivity (Wildman–Crippen MR) is 69.4 cm³/mol. The van der Waals surface area contributed by atoms with Gasteiger partial charge in [0.15, 0.2) is 0 Å². The molecule has 0 unspecified atom stereocenters. The van der Waals surface area contributed by atoms with Gasteiger partial charge in [0.1, 0.15) is 15.8 Å². The van der Waals surface area contributed by atoms with Gasteiger partial charge in [-0.3, -0.25) is 0 Å². The van der Waals surface area contributed by atoms with Crippen molar-refractivity contribution in [2.45, 2.75) is 13.5 Å². The number of rotatable bonds is 4. The van der Waals surface area contributed by atoms with Crippen molar-refractivity contribution in [3.8, 4) is 16.3 Å². The van der Waals surface area contributed by atoms with Crippen LogP contribution in [0.1, 0.15) is 10.6 Å². The molecule has 0 bridgehead atoms. The SMILES string of the molecule is CNCc1nnc(-c2ccc(C)c(OC)c2)s1. The molecular formula is C12H15N3OS. The highest BCUT2D eigenvalue weighted by atomic mass is 32.1. The van der Waals surface area contributed by atoms with E-state index in [0.717, 1.165) is 33.4 Å². The first-order valence-electron chi connectivity index (χ1n) is 5.36. The molecule has 5 heteroatoms. The standard InChI is InChI=1S/C12H15N3OS/c1-8-4-5-9(6-10(8)16-3)12-15-14-11(17-12)7-13-2/h4-6,13H,7H2,1-3H3. The Bertz CT molecular complexity index is 510. The number of aryl methyl sites for hydroxylation is 1. The largest absolute Gasteiger partial charge is 0.496 e. The van der Waals surface area contributed by atoms with Gasteiger partial charge in [0, 0.05) is 12.1 Å². The maximum atomic E-state index is 5.31. The van der Waals surface area contributed by atoms with Crippen LogP contribution in [-0.2, 0) is 6.54 Å². The molecule has 1 aromatic carbocycles. The van der Waals surface area contributed by atoms with Gasteiger partial charge >= 0.3 is 0 Å². The smallest absolute Gasteiger partial charge is 0.147 e. The van der Waals surface area contributed by atoms with Gasteiger partial charge in [-0.1, -0.05) is 23.5 Å². The fraction of sp³-hybridized carbons (Fsp3) is 0.333. The van der Waals surface area contributed by atoms with Crippen LogP contribution in [0.25, 0.3) is 10.6 Å².